The van der Waals surface area contributed by atoms with Crippen molar-refractivity contribution in [2.24, 2.45) is 5.92 Å². The molecule has 1 N–H and O–H groups in total. The molecule has 2 heteroatoms. The molecule has 2 heterocycles. The van der Waals surface area contributed by atoms with Crippen molar-refractivity contribution in [3.63, 3.8) is 0 Å². The highest BCUT2D eigenvalue weighted by atomic mass is 15.1. The molecule has 0 radical (unpaired) electrons. The van der Waals surface area contributed by atoms with Crippen LogP contribution in [0.25, 0.3) is 0 Å². The summed E-state index contributed by atoms with van der Waals surface area (Å²) in [4.78, 5) is 2.58. The Kier molecular flexibility index (Phi) is 3.45. The van der Waals surface area contributed by atoms with Gasteiger partial charge in [0.05, 0.1) is 0 Å². The van der Waals surface area contributed by atoms with Crippen molar-refractivity contribution in [3.8, 4) is 0 Å². The van der Waals surface area contributed by atoms with Gasteiger partial charge in [-0.05, 0) is 58.7 Å². The summed E-state index contributed by atoms with van der Waals surface area (Å²) in [5.74, 6) is 0.940. The van der Waals surface area contributed by atoms with Crippen LogP contribution in [0.15, 0.2) is 0 Å². The summed E-state index contributed by atoms with van der Waals surface area (Å²) < 4.78 is 0. The zero-order valence-electron chi connectivity index (χ0n) is 9.63. The molecule has 0 aliphatic carbocycles. The first-order valence-electron chi connectivity index (χ1n) is 6.19. The third-order valence-electron chi connectivity index (χ3n) is 3.97. The molecule has 2 fully saturated rings. The maximum absolute atomic E-state index is 3.56. The smallest absolute Gasteiger partial charge is 0.00953 e. The number of nitrogens with zero attached hydrogens (tertiary/aromatic N) is 1. The molecule has 2 nitrogen and oxygen atoms in total. The van der Waals surface area contributed by atoms with E-state index in [1.54, 1.807) is 0 Å². The van der Waals surface area contributed by atoms with Gasteiger partial charge in [-0.25, -0.2) is 0 Å². The molecule has 2 aliphatic rings. The van der Waals surface area contributed by atoms with Crippen molar-refractivity contribution in [1.82, 2.24) is 10.2 Å². The summed E-state index contributed by atoms with van der Waals surface area (Å²) in [6, 6.07) is 1.63. The van der Waals surface area contributed by atoms with Crippen molar-refractivity contribution in [2.45, 2.75) is 51.1 Å². The van der Waals surface area contributed by atoms with E-state index in [9.17, 15) is 0 Å². The molecule has 3 atom stereocenters. The van der Waals surface area contributed by atoms with Crippen molar-refractivity contribution in [2.75, 3.05) is 20.1 Å². The first-order chi connectivity index (χ1) is 6.75. The van der Waals surface area contributed by atoms with Gasteiger partial charge in [-0.2, -0.15) is 0 Å². The Hall–Kier alpha value is -0.0800. The fourth-order valence-electron chi connectivity index (χ4n) is 3.04. The Morgan fingerprint density at radius 1 is 1.36 bits per heavy atom. The Balaban J connectivity index is 1.78. The van der Waals surface area contributed by atoms with Crippen LogP contribution in [0, 0.1) is 5.92 Å². The van der Waals surface area contributed by atoms with Crippen LogP contribution in [-0.2, 0) is 0 Å². The third kappa shape index (κ3) is 2.48. The zero-order chi connectivity index (χ0) is 9.97. The molecule has 82 valence electrons. The lowest BCUT2D eigenvalue weighted by Gasteiger charge is -2.34. The van der Waals surface area contributed by atoms with Crippen molar-refractivity contribution >= 4 is 0 Å². The van der Waals surface area contributed by atoms with Crippen LogP contribution in [0.4, 0.5) is 0 Å². The third-order valence-corrected chi connectivity index (χ3v) is 3.97. The Morgan fingerprint density at radius 2 is 2.21 bits per heavy atom. The van der Waals surface area contributed by atoms with Gasteiger partial charge in [-0.3, -0.25) is 0 Å². The van der Waals surface area contributed by atoms with Crippen molar-refractivity contribution in [3.05, 3.63) is 0 Å². The number of rotatable bonds is 2. The van der Waals surface area contributed by atoms with Crippen LogP contribution in [0.1, 0.15) is 39.0 Å². The second kappa shape index (κ2) is 4.63. The SMILES string of the molecule is CC1CC(CC2CCCCN2C)CN1. The molecule has 14 heavy (non-hydrogen) atoms. The second-order valence-electron chi connectivity index (χ2n) is 5.28. The predicted octanol–water partition coefficient (Wildman–Crippen LogP) is 1.86. The van der Waals surface area contributed by atoms with Gasteiger partial charge in [0.25, 0.3) is 0 Å². The van der Waals surface area contributed by atoms with E-state index in [-0.39, 0.29) is 0 Å². The summed E-state index contributed by atoms with van der Waals surface area (Å²) >= 11 is 0. The van der Waals surface area contributed by atoms with Crippen LogP contribution in [0.2, 0.25) is 0 Å². The molecular formula is C12H24N2. The average molecular weight is 196 g/mol. The molecule has 2 aliphatic heterocycles. The minimum atomic E-state index is 0.758. The number of hydrogen-bond acceptors (Lipinski definition) is 2. The summed E-state index contributed by atoms with van der Waals surface area (Å²) in [6.45, 7) is 4.89. The number of likely N-dealkylation sites (tertiary alicyclic amines) is 1. The fraction of sp³-hybridized carbons (Fsp3) is 1.00. The van der Waals surface area contributed by atoms with Gasteiger partial charge in [-0.1, -0.05) is 6.42 Å². The van der Waals surface area contributed by atoms with Crippen LogP contribution in [0.5, 0.6) is 0 Å². The molecule has 2 saturated heterocycles. The molecule has 3 unspecified atom stereocenters. The largest absolute Gasteiger partial charge is 0.314 e. The van der Waals surface area contributed by atoms with Gasteiger partial charge in [0.15, 0.2) is 0 Å². The van der Waals surface area contributed by atoms with Crippen molar-refractivity contribution < 1.29 is 0 Å². The minimum absolute atomic E-state index is 0.758. The Bertz CT molecular complexity index is 181. The van der Waals surface area contributed by atoms with Gasteiger partial charge in [-0.15, -0.1) is 0 Å². The first kappa shape index (κ1) is 10.4. The predicted molar refractivity (Wildman–Crippen MR) is 60.5 cm³/mol. The fourth-order valence-corrected chi connectivity index (χ4v) is 3.04. The lowest BCUT2D eigenvalue weighted by molar-refractivity contribution is 0.159. The first-order valence-corrected chi connectivity index (χ1v) is 6.19. The highest BCUT2D eigenvalue weighted by molar-refractivity contribution is 4.84. The summed E-state index contributed by atoms with van der Waals surface area (Å²) in [5.41, 5.74) is 0. The average Bonchev–Trinajstić information content (AvgIpc) is 2.56. The summed E-state index contributed by atoms with van der Waals surface area (Å²) in [7, 11) is 2.30. The van der Waals surface area contributed by atoms with E-state index in [2.05, 4.69) is 24.2 Å². The summed E-state index contributed by atoms with van der Waals surface area (Å²) in [5, 5.41) is 3.56. The molecule has 0 aromatic rings. The van der Waals surface area contributed by atoms with E-state index in [4.69, 9.17) is 0 Å². The zero-order valence-corrected chi connectivity index (χ0v) is 9.63. The van der Waals surface area contributed by atoms with E-state index in [1.807, 2.05) is 0 Å². The van der Waals surface area contributed by atoms with Crippen LogP contribution < -0.4 is 5.32 Å². The normalized spacial score (nSPS) is 40.3. The van der Waals surface area contributed by atoms with E-state index < -0.39 is 0 Å². The lowest BCUT2D eigenvalue weighted by atomic mass is 9.91. The lowest BCUT2D eigenvalue weighted by Crippen LogP contribution is -2.37. The standard InChI is InChI=1S/C12H24N2/c1-10-7-11(9-13-10)8-12-5-3-4-6-14(12)2/h10-13H,3-9H2,1-2H3. The Morgan fingerprint density at radius 3 is 2.86 bits per heavy atom. The number of nitrogens with one attached hydrogen (secondary N) is 1. The highest BCUT2D eigenvalue weighted by Crippen LogP contribution is 2.25. The van der Waals surface area contributed by atoms with Gasteiger partial charge in [0.1, 0.15) is 0 Å². The van der Waals surface area contributed by atoms with Gasteiger partial charge in [0, 0.05) is 12.1 Å². The summed E-state index contributed by atoms with van der Waals surface area (Å²) in [6.07, 6.45) is 7.11. The minimum Gasteiger partial charge on any atom is -0.314 e. The highest BCUT2D eigenvalue weighted by Gasteiger charge is 2.26. The molecule has 0 saturated carbocycles. The maximum Gasteiger partial charge on any atom is 0.00953 e. The van der Waals surface area contributed by atoms with E-state index in [0.29, 0.717) is 0 Å². The molecule has 0 amide bonds. The maximum atomic E-state index is 3.56. The van der Waals surface area contributed by atoms with Crippen molar-refractivity contribution in [1.29, 1.82) is 0 Å². The van der Waals surface area contributed by atoms with E-state index in [1.165, 1.54) is 45.2 Å². The Labute approximate surface area is 88.1 Å². The quantitative estimate of drug-likeness (QED) is 0.725. The van der Waals surface area contributed by atoms with Gasteiger partial charge >= 0.3 is 0 Å². The van der Waals surface area contributed by atoms with Crippen LogP contribution >= 0.6 is 0 Å². The van der Waals surface area contributed by atoms with E-state index >= 15 is 0 Å². The van der Waals surface area contributed by atoms with Crippen LogP contribution in [-0.4, -0.2) is 37.1 Å². The molecule has 0 aromatic carbocycles. The van der Waals surface area contributed by atoms with Gasteiger partial charge in [0.2, 0.25) is 0 Å². The monoisotopic (exact) mass is 196 g/mol. The van der Waals surface area contributed by atoms with Gasteiger partial charge < -0.3 is 10.2 Å². The van der Waals surface area contributed by atoms with Crippen LogP contribution in [0.3, 0.4) is 0 Å². The molecule has 2 rings (SSSR count). The van der Waals surface area contributed by atoms with E-state index in [0.717, 1.165) is 18.0 Å². The number of hydrogen-bond donors (Lipinski definition) is 1. The second-order valence-corrected chi connectivity index (χ2v) is 5.28. The molecule has 0 aromatic heterocycles. The number of piperidine rings is 1. The molecule has 0 bridgehead atoms. The topological polar surface area (TPSA) is 15.3 Å². The molecular weight excluding hydrogens is 172 g/mol. The molecule has 0 spiro atoms.